The first-order valence-electron chi connectivity index (χ1n) is 9.15. The molecular formula is C18H26N4O. The Kier molecular flexibility index (Phi) is 4.05. The Morgan fingerprint density at radius 1 is 1.04 bits per heavy atom. The summed E-state index contributed by atoms with van der Waals surface area (Å²) in [6.07, 6.45) is 14.5. The number of rotatable bonds is 3. The second-order valence-corrected chi connectivity index (χ2v) is 7.19. The summed E-state index contributed by atoms with van der Waals surface area (Å²) in [7, 11) is 0. The van der Waals surface area contributed by atoms with E-state index in [9.17, 15) is 4.79 Å². The number of carbonyl (C=O) groups excluding carboxylic acids is 1. The van der Waals surface area contributed by atoms with Crippen molar-refractivity contribution in [1.82, 2.24) is 19.8 Å². The van der Waals surface area contributed by atoms with Gasteiger partial charge in [-0.15, -0.1) is 0 Å². The molecule has 1 unspecified atom stereocenters. The van der Waals surface area contributed by atoms with E-state index in [1.165, 1.54) is 25.7 Å². The third-order valence-electron chi connectivity index (χ3n) is 5.93. The summed E-state index contributed by atoms with van der Waals surface area (Å²) in [4.78, 5) is 27.0. The van der Waals surface area contributed by atoms with Crippen molar-refractivity contribution < 1.29 is 4.79 Å². The highest BCUT2D eigenvalue weighted by Crippen LogP contribution is 2.44. The summed E-state index contributed by atoms with van der Waals surface area (Å²) in [6, 6.07) is 0.533. The Balaban J connectivity index is 1.75. The number of likely N-dealkylation sites (tertiary alicyclic amines) is 2. The van der Waals surface area contributed by atoms with E-state index < -0.39 is 5.54 Å². The Morgan fingerprint density at radius 2 is 1.83 bits per heavy atom. The third-order valence-corrected chi connectivity index (χ3v) is 5.93. The van der Waals surface area contributed by atoms with Crippen LogP contribution >= 0.6 is 0 Å². The van der Waals surface area contributed by atoms with Gasteiger partial charge in [-0.25, -0.2) is 0 Å². The first kappa shape index (κ1) is 15.1. The van der Waals surface area contributed by atoms with E-state index in [-0.39, 0.29) is 5.91 Å². The van der Waals surface area contributed by atoms with Gasteiger partial charge in [-0.05, 0) is 45.1 Å². The van der Waals surface area contributed by atoms with Crippen molar-refractivity contribution in [1.29, 1.82) is 0 Å². The fourth-order valence-corrected chi connectivity index (χ4v) is 4.86. The molecule has 1 atom stereocenters. The van der Waals surface area contributed by atoms with Crippen LogP contribution in [0.5, 0.6) is 0 Å². The molecule has 0 radical (unpaired) electrons. The standard InChI is InChI=1S/C18H26N4O/c23-17(21-11-3-4-12-21)18(16-14-19-9-10-20-16)8-5-13-22(18)15-6-1-2-7-15/h9-10,14-15H,1-8,11-13H2. The second-order valence-electron chi connectivity index (χ2n) is 7.19. The molecule has 1 amide bonds. The first-order valence-corrected chi connectivity index (χ1v) is 9.15. The molecule has 1 aromatic rings. The van der Waals surface area contributed by atoms with Crippen LogP contribution < -0.4 is 0 Å². The van der Waals surface area contributed by atoms with Crippen LogP contribution in [-0.2, 0) is 10.3 Å². The molecule has 2 aliphatic heterocycles. The van der Waals surface area contributed by atoms with Crippen molar-refractivity contribution in [3.8, 4) is 0 Å². The number of hydrogen-bond acceptors (Lipinski definition) is 4. The number of aromatic nitrogens is 2. The number of amides is 1. The van der Waals surface area contributed by atoms with Gasteiger partial charge in [-0.1, -0.05) is 12.8 Å². The zero-order valence-electron chi connectivity index (χ0n) is 13.8. The zero-order chi connectivity index (χ0) is 15.7. The molecule has 3 fully saturated rings. The van der Waals surface area contributed by atoms with E-state index in [2.05, 4.69) is 19.8 Å². The van der Waals surface area contributed by atoms with Gasteiger partial charge in [0.1, 0.15) is 5.54 Å². The molecule has 1 aromatic heterocycles. The predicted octanol–water partition coefficient (Wildman–Crippen LogP) is 2.33. The maximum atomic E-state index is 13.6. The molecule has 2 saturated heterocycles. The molecule has 124 valence electrons. The van der Waals surface area contributed by atoms with Gasteiger partial charge in [0.2, 0.25) is 5.91 Å². The van der Waals surface area contributed by atoms with Gasteiger partial charge >= 0.3 is 0 Å². The fourth-order valence-electron chi connectivity index (χ4n) is 4.86. The van der Waals surface area contributed by atoms with E-state index in [4.69, 9.17) is 0 Å². The van der Waals surface area contributed by atoms with Gasteiger partial charge in [-0.2, -0.15) is 0 Å². The van der Waals surface area contributed by atoms with Crippen LogP contribution in [-0.4, -0.2) is 51.4 Å². The minimum Gasteiger partial charge on any atom is -0.341 e. The summed E-state index contributed by atoms with van der Waals surface area (Å²) in [5, 5.41) is 0. The van der Waals surface area contributed by atoms with E-state index >= 15 is 0 Å². The molecule has 0 N–H and O–H groups in total. The lowest BCUT2D eigenvalue weighted by Crippen LogP contribution is -2.56. The summed E-state index contributed by atoms with van der Waals surface area (Å²) in [5.74, 6) is 0.278. The van der Waals surface area contributed by atoms with Gasteiger partial charge < -0.3 is 4.90 Å². The lowest BCUT2D eigenvalue weighted by Gasteiger charge is -2.42. The maximum absolute atomic E-state index is 13.6. The Bertz CT molecular complexity index is 551. The second kappa shape index (κ2) is 6.19. The van der Waals surface area contributed by atoms with Crippen LogP contribution in [0.2, 0.25) is 0 Å². The number of hydrogen-bond donors (Lipinski definition) is 0. The van der Waals surface area contributed by atoms with Gasteiger partial charge in [0.15, 0.2) is 0 Å². The smallest absolute Gasteiger partial charge is 0.249 e. The molecule has 3 aliphatic rings. The highest BCUT2D eigenvalue weighted by molar-refractivity contribution is 5.88. The Hall–Kier alpha value is -1.49. The van der Waals surface area contributed by atoms with Crippen molar-refractivity contribution in [3.63, 3.8) is 0 Å². The van der Waals surface area contributed by atoms with Gasteiger partial charge in [0, 0.05) is 31.5 Å². The highest BCUT2D eigenvalue weighted by Gasteiger charge is 2.54. The largest absolute Gasteiger partial charge is 0.341 e. The van der Waals surface area contributed by atoms with Crippen LogP contribution in [0.4, 0.5) is 0 Å². The third kappa shape index (κ3) is 2.45. The summed E-state index contributed by atoms with van der Waals surface area (Å²) >= 11 is 0. The minimum atomic E-state index is -0.562. The molecule has 0 bridgehead atoms. The molecule has 23 heavy (non-hydrogen) atoms. The topological polar surface area (TPSA) is 49.3 Å². The summed E-state index contributed by atoms with van der Waals surface area (Å²) < 4.78 is 0. The lowest BCUT2D eigenvalue weighted by atomic mass is 9.88. The monoisotopic (exact) mass is 314 g/mol. The Labute approximate surface area is 138 Å². The molecule has 1 aliphatic carbocycles. The van der Waals surface area contributed by atoms with Crippen molar-refractivity contribution in [2.75, 3.05) is 19.6 Å². The quantitative estimate of drug-likeness (QED) is 0.859. The SMILES string of the molecule is O=C(N1CCCC1)C1(c2cnccn2)CCCN1C1CCCC1. The average molecular weight is 314 g/mol. The van der Waals surface area contributed by atoms with E-state index in [0.717, 1.165) is 51.0 Å². The molecular weight excluding hydrogens is 288 g/mol. The van der Waals surface area contributed by atoms with Crippen LogP contribution in [0.3, 0.4) is 0 Å². The van der Waals surface area contributed by atoms with Gasteiger partial charge in [0.25, 0.3) is 0 Å². The van der Waals surface area contributed by atoms with Crippen LogP contribution in [0, 0.1) is 0 Å². The summed E-state index contributed by atoms with van der Waals surface area (Å²) in [5.41, 5.74) is 0.300. The molecule has 1 saturated carbocycles. The van der Waals surface area contributed by atoms with Crippen molar-refractivity contribution in [2.45, 2.75) is 62.9 Å². The molecule has 4 rings (SSSR count). The molecule has 0 spiro atoms. The fraction of sp³-hybridized carbons (Fsp3) is 0.722. The lowest BCUT2D eigenvalue weighted by molar-refractivity contribution is -0.144. The summed E-state index contributed by atoms with van der Waals surface area (Å²) in [6.45, 7) is 2.82. The van der Waals surface area contributed by atoms with Gasteiger partial charge in [-0.3, -0.25) is 19.7 Å². The van der Waals surface area contributed by atoms with Gasteiger partial charge in [0.05, 0.1) is 11.9 Å². The molecule has 5 nitrogen and oxygen atoms in total. The van der Waals surface area contributed by atoms with E-state index in [0.29, 0.717) is 6.04 Å². The number of nitrogens with zero attached hydrogens (tertiary/aromatic N) is 4. The molecule has 0 aromatic carbocycles. The molecule has 3 heterocycles. The average Bonchev–Trinajstić information content (AvgIpc) is 3.35. The van der Waals surface area contributed by atoms with Crippen molar-refractivity contribution in [3.05, 3.63) is 24.3 Å². The van der Waals surface area contributed by atoms with E-state index in [1.54, 1.807) is 12.4 Å². The van der Waals surface area contributed by atoms with Crippen molar-refractivity contribution >= 4 is 5.91 Å². The van der Waals surface area contributed by atoms with Crippen molar-refractivity contribution in [2.24, 2.45) is 0 Å². The minimum absolute atomic E-state index is 0.278. The first-order chi connectivity index (χ1) is 11.3. The van der Waals surface area contributed by atoms with Crippen LogP contribution in [0.1, 0.15) is 57.1 Å². The number of carbonyl (C=O) groups is 1. The predicted molar refractivity (Wildman–Crippen MR) is 87.7 cm³/mol. The Morgan fingerprint density at radius 3 is 2.52 bits per heavy atom. The van der Waals surface area contributed by atoms with E-state index in [1.807, 2.05) is 6.20 Å². The van der Waals surface area contributed by atoms with Crippen LogP contribution in [0.25, 0.3) is 0 Å². The van der Waals surface area contributed by atoms with Crippen LogP contribution in [0.15, 0.2) is 18.6 Å². The molecule has 5 heteroatoms. The zero-order valence-corrected chi connectivity index (χ0v) is 13.8. The highest BCUT2D eigenvalue weighted by atomic mass is 16.2. The normalized spacial score (nSPS) is 29.5. The maximum Gasteiger partial charge on any atom is 0.249 e.